The molecule has 1 fully saturated rings. The van der Waals surface area contributed by atoms with Crippen LogP contribution in [0, 0.1) is 11.3 Å². The molecule has 2 unspecified atom stereocenters. The molecular formula is C23H36N2O8. The predicted molar refractivity (Wildman–Crippen MR) is 120 cm³/mol. The van der Waals surface area contributed by atoms with Gasteiger partial charge in [0, 0.05) is 23.7 Å². The number of hydrogen-bond donors (Lipinski definition) is 2. The Kier molecular flexibility index (Phi) is 11.4. The van der Waals surface area contributed by atoms with Crippen LogP contribution in [0.4, 0.5) is 9.59 Å². The molecule has 2 N–H and O–H groups in total. The van der Waals surface area contributed by atoms with E-state index >= 15 is 0 Å². The van der Waals surface area contributed by atoms with E-state index in [-0.39, 0.29) is 54.9 Å². The van der Waals surface area contributed by atoms with Crippen molar-refractivity contribution in [1.29, 1.82) is 0 Å². The van der Waals surface area contributed by atoms with Crippen molar-refractivity contribution in [3.05, 3.63) is 24.3 Å². The maximum atomic E-state index is 12.2. The molecule has 0 bridgehead atoms. The third-order valence-electron chi connectivity index (χ3n) is 5.14. The van der Waals surface area contributed by atoms with Gasteiger partial charge in [-0.25, -0.2) is 19.2 Å². The molecule has 0 heterocycles. The minimum absolute atomic E-state index is 0.0133. The van der Waals surface area contributed by atoms with Gasteiger partial charge >= 0.3 is 24.1 Å². The highest BCUT2D eigenvalue weighted by Crippen LogP contribution is 2.38. The lowest BCUT2D eigenvalue weighted by Crippen LogP contribution is -2.50. The third kappa shape index (κ3) is 11.4. The lowest BCUT2D eigenvalue weighted by molar-refractivity contribution is -0.140. The Morgan fingerprint density at radius 3 is 1.85 bits per heavy atom. The summed E-state index contributed by atoms with van der Waals surface area (Å²) >= 11 is 0. The average molecular weight is 469 g/mol. The van der Waals surface area contributed by atoms with E-state index in [1.54, 1.807) is 0 Å². The van der Waals surface area contributed by atoms with Crippen molar-refractivity contribution < 1.29 is 38.1 Å². The molecule has 0 radical (unpaired) electrons. The van der Waals surface area contributed by atoms with Crippen molar-refractivity contribution in [1.82, 2.24) is 10.6 Å². The van der Waals surface area contributed by atoms with E-state index in [9.17, 15) is 19.2 Å². The zero-order valence-corrected chi connectivity index (χ0v) is 20.0. The number of hydrogen-bond acceptors (Lipinski definition) is 8. The van der Waals surface area contributed by atoms with Gasteiger partial charge in [0.2, 0.25) is 0 Å². The van der Waals surface area contributed by atoms with Crippen LogP contribution in [0.5, 0.6) is 0 Å². The topological polar surface area (TPSA) is 129 Å². The molecule has 1 saturated carbocycles. The van der Waals surface area contributed by atoms with Gasteiger partial charge in [0.15, 0.2) is 0 Å². The number of esters is 2. The smallest absolute Gasteiger partial charge is 0.407 e. The zero-order valence-electron chi connectivity index (χ0n) is 20.0. The van der Waals surface area contributed by atoms with Crippen LogP contribution < -0.4 is 10.6 Å². The lowest BCUT2D eigenvalue weighted by atomic mass is 9.70. The van der Waals surface area contributed by atoms with Gasteiger partial charge in [0.25, 0.3) is 0 Å². The van der Waals surface area contributed by atoms with Crippen LogP contribution in [-0.2, 0) is 28.5 Å². The van der Waals surface area contributed by atoms with Crippen molar-refractivity contribution in [2.24, 2.45) is 11.3 Å². The summed E-state index contributed by atoms with van der Waals surface area (Å²) in [5.74, 6) is -1.10. The molecule has 0 aromatic carbocycles. The fraction of sp³-hybridized carbons (Fsp3) is 0.652. The second-order valence-corrected chi connectivity index (χ2v) is 8.90. The van der Waals surface area contributed by atoms with Gasteiger partial charge in [0.1, 0.15) is 26.4 Å². The van der Waals surface area contributed by atoms with E-state index in [0.717, 1.165) is 12.8 Å². The highest BCUT2D eigenvalue weighted by molar-refractivity contribution is 5.87. The summed E-state index contributed by atoms with van der Waals surface area (Å²) in [6.45, 7) is 14.3. The number of ether oxygens (including phenoxy) is 4. The summed E-state index contributed by atoms with van der Waals surface area (Å²) in [7, 11) is 0. The molecular weight excluding hydrogens is 432 g/mol. The maximum Gasteiger partial charge on any atom is 0.407 e. The van der Waals surface area contributed by atoms with Gasteiger partial charge in [-0.2, -0.15) is 0 Å². The minimum Gasteiger partial charge on any atom is -0.459 e. The summed E-state index contributed by atoms with van der Waals surface area (Å²) < 4.78 is 19.9. The zero-order chi connectivity index (χ0) is 25.0. The first kappa shape index (κ1) is 28.0. The molecule has 1 aliphatic carbocycles. The normalized spacial score (nSPS) is 18.9. The molecule has 1 rings (SSSR count). The van der Waals surface area contributed by atoms with E-state index in [1.807, 2.05) is 0 Å². The number of carbonyl (C=O) groups is 4. The quantitative estimate of drug-likeness (QED) is 0.205. The van der Waals surface area contributed by atoms with Crippen LogP contribution in [0.25, 0.3) is 0 Å². The van der Waals surface area contributed by atoms with Crippen LogP contribution >= 0.6 is 0 Å². The third-order valence-corrected chi connectivity index (χ3v) is 5.14. The molecule has 0 aliphatic heterocycles. The summed E-state index contributed by atoms with van der Waals surface area (Å²) in [6, 6.07) is -0.212. The first-order valence-electron chi connectivity index (χ1n) is 10.9. The van der Waals surface area contributed by atoms with Gasteiger partial charge in [-0.15, -0.1) is 0 Å². The summed E-state index contributed by atoms with van der Waals surface area (Å²) in [5.41, 5.74) is 0.564. The fourth-order valence-corrected chi connectivity index (χ4v) is 3.30. The van der Waals surface area contributed by atoms with Crippen molar-refractivity contribution in [2.45, 2.75) is 53.0 Å². The molecule has 0 spiro atoms. The molecule has 2 amide bonds. The van der Waals surface area contributed by atoms with E-state index in [4.69, 9.17) is 18.9 Å². The molecule has 2 atom stereocenters. The molecule has 1 aliphatic rings. The van der Waals surface area contributed by atoms with E-state index in [2.05, 4.69) is 37.6 Å². The molecule has 0 aromatic rings. The Balaban J connectivity index is 2.43. The highest BCUT2D eigenvalue weighted by atomic mass is 16.6. The summed E-state index contributed by atoms with van der Waals surface area (Å²) in [5, 5.41) is 5.55. The number of rotatable bonds is 11. The second-order valence-electron chi connectivity index (χ2n) is 8.90. The fourth-order valence-electron chi connectivity index (χ4n) is 3.30. The first-order chi connectivity index (χ1) is 15.4. The van der Waals surface area contributed by atoms with Crippen molar-refractivity contribution in [2.75, 3.05) is 33.0 Å². The standard InChI is InChI=1S/C23H36N2O8/c1-15(2)19(26)30-9-11-32-21(28)24-14-17-7-8-23(5,6)13-18(17)25-22(29)33-12-10-31-20(27)16(3)4/h17-18H,1,3,7-14H2,2,4-6H3,(H,24,28)(H,25,29). The van der Waals surface area contributed by atoms with Crippen LogP contribution in [0.3, 0.4) is 0 Å². The van der Waals surface area contributed by atoms with Gasteiger partial charge in [-0.1, -0.05) is 27.0 Å². The first-order valence-corrected chi connectivity index (χ1v) is 10.9. The summed E-state index contributed by atoms with van der Waals surface area (Å²) in [6.07, 6.45) is 1.20. The number of carbonyl (C=O) groups excluding carboxylic acids is 4. The van der Waals surface area contributed by atoms with Gasteiger partial charge in [-0.3, -0.25) is 0 Å². The van der Waals surface area contributed by atoms with Gasteiger partial charge < -0.3 is 29.6 Å². The predicted octanol–water partition coefficient (Wildman–Crippen LogP) is 2.87. The highest BCUT2D eigenvalue weighted by Gasteiger charge is 2.36. The Morgan fingerprint density at radius 1 is 0.848 bits per heavy atom. The molecule has 186 valence electrons. The van der Waals surface area contributed by atoms with Crippen LogP contribution in [0.2, 0.25) is 0 Å². The van der Waals surface area contributed by atoms with Crippen molar-refractivity contribution in [3.63, 3.8) is 0 Å². The SMILES string of the molecule is C=C(C)C(=O)OCCOC(=O)NCC1CCC(C)(C)CC1NC(=O)OCCOC(=O)C(=C)C. The second kappa shape index (κ2) is 13.5. The van der Waals surface area contributed by atoms with Crippen LogP contribution in [-0.4, -0.2) is 63.1 Å². The Morgan fingerprint density at radius 2 is 1.33 bits per heavy atom. The number of nitrogens with one attached hydrogen (secondary N) is 2. The largest absolute Gasteiger partial charge is 0.459 e. The molecule has 0 saturated heterocycles. The van der Waals surface area contributed by atoms with Crippen molar-refractivity contribution >= 4 is 24.1 Å². The number of amides is 2. The lowest BCUT2D eigenvalue weighted by Gasteiger charge is -2.40. The Hall–Kier alpha value is -3.04. The molecule has 0 aromatic heterocycles. The Bertz CT molecular complexity index is 747. The molecule has 10 nitrogen and oxygen atoms in total. The van der Waals surface area contributed by atoms with E-state index in [0.29, 0.717) is 13.0 Å². The summed E-state index contributed by atoms with van der Waals surface area (Å²) in [4.78, 5) is 46.8. The van der Waals surface area contributed by atoms with Gasteiger partial charge in [0.05, 0.1) is 0 Å². The average Bonchev–Trinajstić information content (AvgIpc) is 2.72. The monoisotopic (exact) mass is 468 g/mol. The minimum atomic E-state index is -0.633. The molecule has 10 heteroatoms. The van der Waals surface area contributed by atoms with E-state index < -0.39 is 24.1 Å². The van der Waals surface area contributed by atoms with Gasteiger partial charge in [-0.05, 0) is 44.4 Å². The van der Waals surface area contributed by atoms with E-state index in [1.165, 1.54) is 13.8 Å². The molecule has 33 heavy (non-hydrogen) atoms. The van der Waals surface area contributed by atoms with Crippen molar-refractivity contribution in [3.8, 4) is 0 Å². The van der Waals surface area contributed by atoms with Crippen LogP contribution in [0.15, 0.2) is 24.3 Å². The van der Waals surface area contributed by atoms with Crippen LogP contribution in [0.1, 0.15) is 47.0 Å². The number of alkyl carbamates (subject to hydrolysis) is 2. The maximum absolute atomic E-state index is 12.2. The Labute approximate surface area is 195 Å².